The van der Waals surface area contributed by atoms with Crippen LogP contribution in [0.3, 0.4) is 0 Å². The molecule has 3 rings (SSSR count). The van der Waals surface area contributed by atoms with Gasteiger partial charge in [0.2, 0.25) is 5.91 Å². The lowest BCUT2D eigenvalue weighted by Crippen LogP contribution is -2.49. The molecule has 24 heavy (non-hydrogen) atoms. The van der Waals surface area contributed by atoms with Gasteiger partial charge in [0.15, 0.2) is 11.5 Å². The maximum Gasteiger partial charge on any atom is 0.217 e. The SMILES string of the molecule is CC(=O)NC(CN1CCOCC1)C(O)c1ccc2c(c1)OCCO2. The Labute approximate surface area is 141 Å². The van der Waals surface area contributed by atoms with Gasteiger partial charge < -0.3 is 24.6 Å². The van der Waals surface area contributed by atoms with Crippen LogP contribution < -0.4 is 14.8 Å². The highest BCUT2D eigenvalue weighted by Gasteiger charge is 2.26. The summed E-state index contributed by atoms with van der Waals surface area (Å²) in [5.74, 6) is 1.15. The molecule has 0 spiro atoms. The molecule has 2 aliphatic heterocycles. The number of aliphatic hydroxyl groups excluding tert-OH is 1. The molecule has 1 aromatic carbocycles. The average molecular weight is 336 g/mol. The van der Waals surface area contributed by atoms with Crippen LogP contribution in [-0.4, -0.2) is 68.0 Å². The largest absolute Gasteiger partial charge is 0.486 e. The van der Waals surface area contributed by atoms with E-state index in [9.17, 15) is 9.90 Å². The molecule has 2 aliphatic rings. The summed E-state index contributed by atoms with van der Waals surface area (Å²) in [4.78, 5) is 13.7. The third-order valence-corrected chi connectivity index (χ3v) is 4.24. The number of nitrogens with zero attached hydrogens (tertiary/aromatic N) is 1. The van der Waals surface area contributed by atoms with Crippen molar-refractivity contribution in [3.63, 3.8) is 0 Å². The maximum absolute atomic E-state index is 11.6. The Morgan fingerprint density at radius 3 is 2.62 bits per heavy atom. The van der Waals surface area contributed by atoms with E-state index in [0.29, 0.717) is 50.0 Å². The Morgan fingerprint density at radius 1 is 1.21 bits per heavy atom. The molecule has 2 heterocycles. The predicted molar refractivity (Wildman–Crippen MR) is 87.3 cm³/mol. The second-order valence-corrected chi connectivity index (χ2v) is 6.07. The van der Waals surface area contributed by atoms with Crippen LogP contribution in [0.5, 0.6) is 11.5 Å². The topological polar surface area (TPSA) is 80.3 Å². The van der Waals surface area contributed by atoms with E-state index in [-0.39, 0.29) is 5.91 Å². The van der Waals surface area contributed by atoms with Crippen LogP contribution in [-0.2, 0) is 9.53 Å². The van der Waals surface area contributed by atoms with Crippen LogP contribution in [0.25, 0.3) is 0 Å². The first-order chi connectivity index (χ1) is 11.6. The molecule has 7 nitrogen and oxygen atoms in total. The fourth-order valence-electron chi connectivity index (χ4n) is 3.02. The number of morpholine rings is 1. The number of ether oxygens (including phenoxy) is 3. The first kappa shape index (κ1) is 17.0. The second kappa shape index (κ2) is 7.83. The number of fused-ring (bicyclic) bond motifs is 1. The molecule has 0 radical (unpaired) electrons. The summed E-state index contributed by atoms with van der Waals surface area (Å²) in [6, 6.07) is 5.00. The van der Waals surface area contributed by atoms with Gasteiger partial charge >= 0.3 is 0 Å². The number of aliphatic hydroxyl groups is 1. The molecule has 1 amide bonds. The van der Waals surface area contributed by atoms with Crippen LogP contribution in [0.1, 0.15) is 18.6 Å². The van der Waals surface area contributed by atoms with Gasteiger partial charge in [-0.3, -0.25) is 9.69 Å². The lowest BCUT2D eigenvalue weighted by atomic mass is 10.0. The fourth-order valence-corrected chi connectivity index (χ4v) is 3.02. The fraction of sp³-hybridized carbons (Fsp3) is 0.588. The molecule has 7 heteroatoms. The van der Waals surface area contributed by atoms with Crippen molar-refractivity contribution in [3.8, 4) is 11.5 Å². The number of hydrogen-bond acceptors (Lipinski definition) is 6. The van der Waals surface area contributed by atoms with Crippen molar-refractivity contribution < 1.29 is 24.1 Å². The molecule has 0 bridgehead atoms. The normalized spacial score (nSPS) is 20.2. The molecule has 0 aromatic heterocycles. The van der Waals surface area contributed by atoms with Crippen molar-refractivity contribution in [2.45, 2.75) is 19.1 Å². The number of hydrogen-bond donors (Lipinski definition) is 2. The van der Waals surface area contributed by atoms with Gasteiger partial charge in [0.05, 0.1) is 19.3 Å². The van der Waals surface area contributed by atoms with E-state index < -0.39 is 12.1 Å². The highest BCUT2D eigenvalue weighted by molar-refractivity contribution is 5.73. The van der Waals surface area contributed by atoms with Crippen molar-refractivity contribution in [1.29, 1.82) is 0 Å². The highest BCUT2D eigenvalue weighted by Crippen LogP contribution is 2.33. The van der Waals surface area contributed by atoms with Crippen LogP contribution in [0.2, 0.25) is 0 Å². The summed E-state index contributed by atoms with van der Waals surface area (Å²) >= 11 is 0. The summed E-state index contributed by atoms with van der Waals surface area (Å²) in [7, 11) is 0. The Balaban J connectivity index is 1.74. The molecule has 1 saturated heterocycles. The van der Waals surface area contributed by atoms with E-state index in [4.69, 9.17) is 14.2 Å². The molecule has 2 N–H and O–H groups in total. The first-order valence-electron chi connectivity index (χ1n) is 8.28. The summed E-state index contributed by atoms with van der Waals surface area (Å²) in [5.41, 5.74) is 0.700. The van der Waals surface area contributed by atoms with Gasteiger partial charge in [-0.05, 0) is 17.7 Å². The molecule has 1 aromatic rings. The highest BCUT2D eigenvalue weighted by atomic mass is 16.6. The Kier molecular flexibility index (Phi) is 5.55. The van der Waals surface area contributed by atoms with Crippen LogP contribution >= 0.6 is 0 Å². The summed E-state index contributed by atoms with van der Waals surface area (Å²) in [5, 5.41) is 13.7. The minimum absolute atomic E-state index is 0.162. The molecule has 0 aliphatic carbocycles. The molecular weight excluding hydrogens is 312 g/mol. The van der Waals surface area contributed by atoms with E-state index in [2.05, 4.69) is 10.2 Å². The Hall–Kier alpha value is -1.83. The van der Waals surface area contributed by atoms with Crippen molar-refractivity contribution in [2.24, 2.45) is 0 Å². The first-order valence-corrected chi connectivity index (χ1v) is 8.28. The monoisotopic (exact) mass is 336 g/mol. The Bertz CT molecular complexity index is 574. The van der Waals surface area contributed by atoms with Crippen molar-refractivity contribution in [3.05, 3.63) is 23.8 Å². The number of rotatable bonds is 5. The summed E-state index contributed by atoms with van der Waals surface area (Å²) in [6.07, 6.45) is -0.826. The zero-order chi connectivity index (χ0) is 16.9. The van der Waals surface area contributed by atoms with Crippen molar-refractivity contribution in [2.75, 3.05) is 46.1 Å². The van der Waals surface area contributed by atoms with E-state index in [1.165, 1.54) is 6.92 Å². The van der Waals surface area contributed by atoms with Crippen LogP contribution in [0.4, 0.5) is 0 Å². The van der Waals surface area contributed by atoms with E-state index >= 15 is 0 Å². The molecular formula is C17H24N2O5. The van der Waals surface area contributed by atoms with E-state index in [0.717, 1.165) is 13.1 Å². The zero-order valence-electron chi connectivity index (χ0n) is 13.9. The molecule has 132 valence electrons. The number of carbonyl (C=O) groups is 1. The van der Waals surface area contributed by atoms with Gasteiger partial charge in [0.1, 0.15) is 19.3 Å². The maximum atomic E-state index is 11.6. The van der Waals surface area contributed by atoms with Crippen LogP contribution in [0.15, 0.2) is 18.2 Å². The molecule has 2 unspecified atom stereocenters. The third kappa shape index (κ3) is 4.17. The van der Waals surface area contributed by atoms with Gasteiger partial charge in [-0.25, -0.2) is 0 Å². The minimum atomic E-state index is -0.826. The standard InChI is InChI=1S/C17H24N2O5/c1-12(20)18-14(11-19-4-6-22-7-5-19)17(21)13-2-3-15-16(10-13)24-9-8-23-15/h2-3,10,14,17,21H,4-9,11H2,1H3,(H,18,20). The average Bonchev–Trinajstić information content (AvgIpc) is 2.60. The van der Waals surface area contributed by atoms with Gasteiger partial charge in [0.25, 0.3) is 0 Å². The van der Waals surface area contributed by atoms with Gasteiger partial charge in [0, 0.05) is 26.6 Å². The number of amides is 1. The lowest BCUT2D eigenvalue weighted by Gasteiger charge is -2.33. The quantitative estimate of drug-likeness (QED) is 0.807. The smallest absolute Gasteiger partial charge is 0.217 e. The van der Waals surface area contributed by atoms with Crippen molar-refractivity contribution >= 4 is 5.91 Å². The number of nitrogens with one attached hydrogen (secondary N) is 1. The second-order valence-electron chi connectivity index (χ2n) is 6.07. The van der Waals surface area contributed by atoms with E-state index in [1.807, 2.05) is 6.07 Å². The predicted octanol–water partition coefficient (Wildman–Crippen LogP) is 0.328. The number of carbonyl (C=O) groups excluding carboxylic acids is 1. The van der Waals surface area contributed by atoms with Crippen LogP contribution in [0, 0.1) is 0 Å². The van der Waals surface area contributed by atoms with Crippen molar-refractivity contribution in [1.82, 2.24) is 10.2 Å². The minimum Gasteiger partial charge on any atom is -0.486 e. The third-order valence-electron chi connectivity index (χ3n) is 4.24. The summed E-state index contributed by atoms with van der Waals surface area (Å²) in [6.45, 7) is 5.99. The zero-order valence-corrected chi connectivity index (χ0v) is 13.9. The summed E-state index contributed by atoms with van der Waals surface area (Å²) < 4.78 is 16.4. The van der Waals surface area contributed by atoms with Gasteiger partial charge in [-0.15, -0.1) is 0 Å². The molecule has 1 fully saturated rings. The Morgan fingerprint density at radius 2 is 1.92 bits per heavy atom. The molecule has 2 atom stereocenters. The number of benzene rings is 1. The van der Waals surface area contributed by atoms with Gasteiger partial charge in [-0.1, -0.05) is 6.07 Å². The van der Waals surface area contributed by atoms with E-state index in [1.54, 1.807) is 12.1 Å². The lowest BCUT2D eigenvalue weighted by molar-refractivity contribution is -0.120. The van der Waals surface area contributed by atoms with Gasteiger partial charge in [-0.2, -0.15) is 0 Å². The molecule has 0 saturated carbocycles.